The smallest absolute Gasteiger partial charge is 0.279 e. The van der Waals surface area contributed by atoms with Gasteiger partial charge in [0.25, 0.3) is 17.4 Å². The van der Waals surface area contributed by atoms with Crippen LogP contribution in [0.2, 0.25) is 0 Å². The second-order valence-electron chi connectivity index (χ2n) is 5.21. The van der Waals surface area contributed by atoms with Crippen LogP contribution < -0.4 is 15.4 Å². The molecule has 1 unspecified atom stereocenters. The summed E-state index contributed by atoms with van der Waals surface area (Å²) in [6, 6.07) is 10.7. The van der Waals surface area contributed by atoms with Gasteiger partial charge in [-0.05, 0) is 37.6 Å². The minimum absolute atomic E-state index is 0.314. The fourth-order valence-electron chi connectivity index (χ4n) is 2.16. The zero-order valence-electron chi connectivity index (χ0n) is 12.2. The third-order valence-electron chi connectivity index (χ3n) is 3.58. The van der Waals surface area contributed by atoms with Crippen molar-refractivity contribution in [2.75, 3.05) is 10.6 Å². The number of fused-ring (bicyclic) bond motifs is 1. The molecule has 6 nitrogen and oxygen atoms in total. The lowest BCUT2D eigenvalue weighted by atomic mass is 10.0. The number of nitrogens with zero attached hydrogens (tertiary/aromatic N) is 1. The first-order valence-corrected chi connectivity index (χ1v) is 6.83. The Morgan fingerprint density at radius 1 is 1.27 bits per heavy atom. The summed E-state index contributed by atoms with van der Waals surface area (Å²) in [7, 11) is 0. The maximum absolute atomic E-state index is 12.5. The number of carbonyl (C=O) groups is 2. The van der Waals surface area contributed by atoms with Gasteiger partial charge in [0.1, 0.15) is 0 Å². The van der Waals surface area contributed by atoms with Gasteiger partial charge in [0.15, 0.2) is 11.6 Å². The largest absolute Gasteiger partial charge is 0.464 e. The van der Waals surface area contributed by atoms with Crippen molar-refractivity contribution >= 4 is 23.3 Å². The average molecular weight is 297 g/mol. The molecular weight excluding hydrogens is 282 g/mol. The number of hydrogen-bond donors (Lipinski definition) is 2. The number of benzene rings is 1. The Morgan fingerprint density at radius 2 is 2.05 bits per heavy atom. The Balaban J connectivity index is 1.89. The minimum Gasteiger partial charge on any atom is -0.464 e. The molecule has 2 amide bonds. The lowest BCUT2D eigenvalue weighted by Gasteiger charge is -2.32. The first-order chi connectivity index (χ1) is 10.5. The number of hydrogen-bond acceptors (Lipinski definition) is 4. The molecule has 0 saturated carbocycles. The molecule has 0 bridgehead atoms. The van der Waals surface area contributed by atoms with E-state index in [1.807, 2.05) is 25.1 Å². The highest BCUT2D eigenvalue weighted by atomic mass is 16.5. The van der Waals surface area contributed by atoms with E-state index in [2.05, 4.69) is 15.6 Å². The second kappa shape index (κ2) is 5.14. The summed E-state index contributed by atoms with van der Waals surface area (Å²) in [6.45, 7) is 3.31. The number of carbonyl (C=O) groups excluding carboxylic acids is 2. The maximum Gasteiger partial charge on any atom is 0.279 e. The molecule has 1 aromatic heterocycles. The molecule has 0 aliphatic carbocycles. The van der Waals surface area contributed by atoms with Gasteiger partial charge in [-0.1, -0.05) is 18.2 Å². The van der Waals surface area contributed by atoms with E-state index in [1.54, 1.807) is 24.4 Å². The number of aromatic nitrogens is 1. The summed E-state index contributed by atoms with van der Waals surface area (Å²) in [6.07, 6.45) is 1.54. The summed E-state index contributed by atoms with van der Waals surface area (Å²) >= 11 is 0. The van der Waals surface area contributed by atoms with Crippen LogP contribution in [0.5, 0.6) is 5.75 Å². The van der Waals surface area contributed by atoms with E-state index in [4.69, 9.17) is 4.74 Å². The van der Waals surface area contributed by atoms with Gasteiger partial charge in [-0.15, -0.1) is 0 Å². The van der Waals surface area contributed by atoms with Crippen LogP contribution in [0.3, 0.4) is 0 Å². The number of para-hydroxylation sites is 1. The van der Waals surface area contributed by atoms with Gasteiger partial charge in [0.05, 0.1) is 0 Å². The van der Waals surface area contributed by atoms with Crippen LogP contribution in [0, 0.1) is 6.92 Å². The Kier molecular flexibility index (Phi) is 3.29. The number of aryl methyl sites for hydroxylation is 1. The number of ether oxygens (including phenoxy) is 1. The van der Waals surface area contributed by atoms with E-state index in [9.17, 15) is 9.59 Å². The molecule has 6 heteroatoms. The van der Waals surface area contributed by atoms with E-state index in [-0.39, 0.29) is 0 Å². The molecule has 3 rings (SSSR count). The van der Waals surface area contributed by atoms with E-state index >= 15 is 0 Å². The zero-order chi connectivity index (χ0) is 15.7. The lowest BCUT2D eigenvalue weighted by Crippen LogP contribution is -2.56. The van der Waals surface area contributed by atoms with Crippen LogP contribution in [0.15, 0.2) is 42.6 Å². The molecule has 0 saturated heterocycles. The normalized spacial score (nSPS) is 19.6. The van der Waals surface area contributed by atoms with Crippen LogP contribution in [0.25, 0.3) is 0 Å². The van der Waals surface area contributed by atoms with E-state index < -0.39 is 17.4 Å². The first-order valence-electron chi connectivity index (χ1n) is 6.83. The SMILES string of the molecule is Cc1ccccc1NC(=O)C1(C)Oc2cccnc2NC1=O. The fraction of sp³-hybridized carbons (Fsp3) is 0.188. The summed E-state index contributed by atoms with van der Waals surface area (Å²) in [5.41, 5.74) is -0.113. The molecule has 0 spiro atoms. The van der Waals surface area contributed by atoms with Crippen molar-refractivity contribution in [3.05, 3.63) is 48.2 Å². The summed E-state index contributed by atoms with van der Waals surface area (Å²) in [5, 5.41) is 5.33. The van der Waals surface area contributed by atoms with Gasteiger partial charge in [-0.3, -0.25) is 9.59 Å². The molecule has 112 valence electrons. The van der Waals surface area contributed by atoms with Gasteiger partial charge in [-0.2, -0.15) is 0 Å². The number of pyridine rings is 1. The predicted octanol–water partition coefficient (Wildman–Crippen LogP) is 2.12. The van der Waals surface area contributed by atoms with Crippen molar-refractivity contribution in [1.29, 1.82) is 0 Å². The lowest BCUT2D eigenvalue weighted by molar-refractivity contribution is -0.143. The van der Waals surface area contributed by atoms with Crippen molar-refractivity contribution in [2.24, 2.45) is 0 Å². The summed E-state index contributed by atoms with van der Waals surface area (Å²) < 4.78 is 5.62. The monoisotopic (exact) mass is 297 g/mol. The van der Waals surface area contributed by atoms with E-state index in [0.29, 0.717) is 17.3 Å². The Labute approximate surface area is 127 Å². The summed E-state index contributed by atoms with van der Waals surface area (Å²) in [5.74, 6) is -0.406. The first kappa shape index (κ1) is 14.1. The predicted molar refractivity (Wildman–Crippen MR) is 81.7 cm³/mol. The Hall–Kier alpha value is -2.89. The number of nitrogens with one attached hydrogen (secondary N) is 2. The average Bonchev–Trinajstić information content (AvgIpc) is 2.50. The van der Waals surface area contributed by atoms with Crippen LogP contribution in [-0.2, 0) is 9.59 Å². The number of rotatable bonds is 2. The molecule has 2 heterocycles. The minimum atomic E-state index is -1.65. The van der Waals surface area contributed by atoms with Gasteiger partial charge >= 0.3 is 0 Å². The molecule has 0 radical (unpaired) electrons. The van der Waals surface area contributed by atoms with Crippen LogP contribution >= 0.6 is 0 Å². The Morgan fingerprint density at radius 3 is 2.82 bits per heavy atom. The molecule has 22 heavy (non-hydrogen) atoms. The second-order valence-corrected chi connectivity index (χ2v) is 5.21. The Bertz CT molecular complexity index is 760. The van der Waals surface area contributed by atoms with Crippen LogP contribution in [-0.4, -0.2) is 22.4 Å². The van der Waals surface area contributed by atoms with Crippen molar-refractivity contribution in [2.45, 2.75) is 19.4 Å². The molecule has 1 aliphatic heterocycles. The van der Waals surface area contributed by atoms with Gasteiger partial charge in [0.2, 0.25) is 0 Å². The molecule has 1 atom stereocenters. The van der Waals surface area contributed by atoms with Crippen molar-refractivity contribution < 1.29 is 14.3 Å². The molecule has 1 aliphatic rings. The van der Waals surface area contributed by atoms with Crippen LogP contribution in [0.1, 0.15) is 12.5 Å². The standard InChI is InChI=1S/C16H15N3O3/c1-10-6-3-4-7-11(10)18-14(20)16(2)15(21)19-13-12(22-16)8-5-9-17-13/h3-9H,1-2H3,(H,18,20)(H,17,19,21). The van der Waals surface area contributed by atoms with Gasteiger partial charge in [0, 0.05) is 11.9 Å². The highest BCUT2D eigenvalue weighted by Crippen LogP contribution is 2.32. The quantitative estimate of drug-likeness (QED) is 0.832. The van der Waals surface area contributed by atoms with Crippen molar-refractivity contribution in [1.82, 2.24) is 4.98 Å². The highest BCUT2D eigenvalue weighted by Gasteiger charge is 2.47. The molecular formula is C16H15N3O3. The topological polar surface area (TPSA) is 80.3 Å². The van der Waals surface area contributed by atoms with Crippen molar-refractivity contribution in [3.63, 3.8) is 0 Å². The molecule has 0 fully saturated rings. The third kappa shape index (κ3) is 2.28. The van der Waals surface area contributed by atoms with Gasteiger partial charge < -0.3 is 15.4 Å². The summed E-state index contributed by atoms with van der Waals surface area (Å²) in [4.78, 5) is 28.8. The molecule has 2 N–H and O–H groups in total. The number of anilines is 2. The van der Waals surface area contributed by atoms with Crippen LogP contribution in [0.4, 0.5) is 11.5 Å². The van der Waals surface area contributed by atoms with E-state index in [1.165, 1.54) is 6.92 Å². The zero-order valence-corrected chi connectivity index (χ0v) is 12.2. The van der Waals surface area contributed by atoms with E-state index in [0.717, 1.165) is 5.56 Å². The van der Waals surface area contributed by atoms with Crippen molar-refractivity contribution in [3.8, 4) is 5.75 Å². The molecule has 1 aromatic carbocycles. The van der Waals surface area contributed by atoms with Gasteiger partial charge in [-0.25, -0.2) is 4.98 Å². The number of amides is 2. The maximum atomic E-state index is 12.5. The highest BCUT2D eigenvalue weighted by molar-refractivity contribution is 6.18. The molecule has 2 aromatic rings. The fourth-order valence-corrected chi connectivity index (χ4v) is 2.16. The third-order valence-corrected chi connectivity index (χ3v) is 3.58.